The van der Waals surface area contributed by atoms with Gasteiger partial charge in [0.2, 0.25) is 29.5 Å². The van der Waals surface area contributed by atoms with Crippen molar-refractivity contribution < 1.29 is 33.9 Å². The van der Waals surface area contributed by atoms with Crippen LogP contribution in [0, 0.1) is 3.57 Å². The molecule has 0 radical (unpaired) electrons. The Hall–Kier alpha value is -6.28. The predicted molar refractivity (Wildman–Crippen MR) is 248 cm³/mol. The third-order valence-electron chi connectivity index (χ3n) is 10.8. The summed E-state index contributed by atoms with van der Waals surface area (Å²) in [5.74, 6) is -3.36. The van der Waals surface area contributed by atoms with E-state index in [0.29, 0.717) is 34.2 Å². The van der Waals surface area contributed by atoms with Gasteiger partial charge in [-0.05, 0) is 100 Å². The number of guanidine groups is 1. The van der Waals surface area contributed by atoms with E-state index in [1.165, 1.54) is 25.1 Å². The fourth-order valence-corrected chi connectivity index (χ4v) is 7.74. The third-order valence-corrected chi connectivity index (χ3v) is 11.6. The van der Waals surface area contributed by atoms with Gasteiger partial charge in [0, 0.05) is 52.1 Å². The van der Waals surface area contributed by atoms with Gasteiger partial charge in [0.25, 0.3) is 5.91 Å². The Bertz CT molecular complexity index is 2310. The molecule has 0 aromatic heterocycles. The summed E-state index contributed by atoms with van der Waals surface area (Å²) in [6, 6.07) is 20.3. The maximum atomic E-state index is 14.5. The van der Waals surface area contributed by atoms with E-state index < -0.39 is 60.2 Å². The SMILES string of the molecule is CN=C(N)NCCC[C@@H]1NC(=O)[C@@H](CCCNC(=O)c2ccc(CN)cc2)N(C)C(=O)[C@@H](Cc2ccc(O)c(I)c2)NC(=O)CNC(=O)[C@H](Cc2ccc3ccccc3c2)NC1=O. The van der Waals surface area contributed by atoms with Crippen molar-refractivity contribution in [1.29, 1.82) is 0 Å². The van der Waals surface area contributed by atoms with Crippen LogP contribution >= 0.6 is 22.6 Å². The van der Waals surface area contributed by atoms with Crippen LogP contribution in [-0.2, 0) is 43.4 Å². The van der Waals surface area contributed by atoms with Gasteiger partial charge in [-0.25, -0.2) is 0 Å². The Morgan fingerprint density at radius 2 is 1.41 bits per heavy atom. The molecular weight excluding hydrogens is 919 g/mol. The molecule has 1 aliphatic rings. The highest BCUT2D eigenvalue weighted by Crippen LogP contribution is 2.22. The Morgan fingerprint density at radius 1 is 0.778 bits per heavy atom. The molecule has 4 aromatic carbocycles. The van der Waals surface area contributed by atoms with Crippen LogP contribution in [0.1, 0.15) is 52.7 Å². The second kappa shape index (κ2) is 23.2. The first kappa shape index (κ1) is 47.8. The van der Waals surface area contributed by atoms with E-state index in [1.807, 2.05) is 65.1 Å². The minimum absolute atomic E-state index is 0.0169. The van der Waals surface area contributed by atoms with E-state index in [4.69, 9.17) is 11.5 Å². The second-order valence-corrected chi connectivity index (χ2v) is 16.4. The van der Waals surface area contributed by atoms with E-state index >= 15 is 0 Å². The molecule has 18 heteroatoms. The summed E-state index contributed by atoms with van der Waals surface area (Å²) < 4.78 is 0.525. The number of halogens is 1. The average molecular weight is 975 g/mol. The lowest BCUT2D eigenvalue weighted by Gasteiger charge is -2.32. The van der Waals surface area contributed by atoms with Crippen molar-refractivity contribution in [2.24, 2.45) is 16.5 Å². The Morgan fingerprint density at radius 3 is 2.13 bits per heavy atom. The number of hydrogen-bond donors (Lipinski definition) is 9. The molecule has 0 saturated carbocycles. The number of likely N-dealkylation sites (N-methyl/N-ethyl adjacent to an activating group) is 1. The van der Waals surface area contributed by atoms with E-state index in [1.54, 1.807) is 36.4 Å². The van der Waals surface area contributed by atoms with Crippen molar-refractivity contribution in [3.05, 3.63) is 111 Å². The number of nitrogens with one attached hydrogen (secondary N) is 6. The number of rotatable bonds is 14. The number of aliphatic imine (C=N–C) groups is 1. The molecule has 11 N–H and O–H groups in total. The fraction of sp³-hybridized carbons (Fsp3) is 0.356. The van der Waals surface area contributed by atoms with Crippen LogP contribution in [0.25, 0.3) is 10.8 Å². The van der Waals surface area contributed by atoms with E-state index in [-0.39, 0.29) is 56.3 Å². The highest BCUT2D eigenvalue weighted by molar-refractivity contribution is 14.1. The van der Waals surface area contributed by atoms with E-state index in [0.717, 1.165) is 21.9 Å². The summed E-state index contributed by atoms with van der Waals surface area (Å²) in [7, 11) is 2.97. The molecule has 0 spiro atoms. The summed E-state index contributed by atoms with van der Waals surface area (Å²) in [6.07, 6.45) is 0.805. The van der Waals surface area contributed by atoms with Crippen molar-refractivity contribution >= 4 is 74.8 Å². The molecular formula is C45H55IN10O7. The lowest BCUT2D eigenvalue weighted by atomic mass is 10.00. The Balaban J connectivity index is 1.46. The Labute approximate surface area is 379 Å². The molecule has 1 heterocycles. The molecule has 1 aliphatic heterocycles. The topological polar surface area (TPSA) is 262 Å². The van der Waals surface area contributed by atoms with Gasteiger partial charge >= 0.3 is 0 Å². The van der Waals surface area contributed by atoms with Crippen molar-refractivity contribution in [2.75, 3.05) is 33.7 Å². The van der Waals surface area contributed by atoms with Gasteiger partial charge in [-0.1, -0.05) is 60.7 Å². The maximum absolute atomic E-state index is 14.5. The van der Waals surface area contributed by atoms with Crippen LogP contribution < -0.4 is 43.4 Å². The first-order chi connectivity index (χ1) is 30.3. The molecule has 0 bridgehead atoms. The molecule has 0 unspecified atom stereocenters. The van der Waals surface area contributed by atoms with Gasteiger partial charge < -0.3 is 53.4 Å². The summed E-state index contributed by atoms with van der Waals surface area (Å²) >= 11 is 1.96. The Kier molecular flexibility index (Phi) is 17.6. The first-order valence-electron chi connectivity index (χ1n) is 20.7. The number of aromatic hydroxyl groups is 1. The standard InChI is InChI=1S/C45H55IN10O7/c1-49-45(48)51-20-5-9-34-42(61)55-35(23-28-13-15-30-7-3-4-8-32(30)21-28)41(60)52-26-39(58)53-36(24-29-14-18-38(57)33(46)22-29)44(63)56(2)37(43(62)54-34)10-6-19-50-40(59)31-16-11-27(25-47)12-17-31/h3-4,7-8,11-18,21-22,34-37,57H,5-6,9-10,19-20,23-26,47H2,1-2H3,(H,50,59)(H,52,60)(H,53,58)(H,54,62)(H,55,61)(H3,48,49,51)/t34-,35-,36+,37+/m0/s1. The highest BCUT2D eigenvalue weighted by atomic mass is 127. The van der Waals surface area contributed by atoms with Gasteiger partial charge in [0.05, 0.1) is 10.1 Å². The van der Waals surface area contributed by atoms with Crippen molar-refractivity contribution in [1.82, 2.24) is 36.8 Å². The smallest absolute Gasteiger partial charge is 0.251 e. The first-order valence-corrected chi connectivity index (χ1v) is 21.8. The monoisotopic (exact) mass is 974 g/mol. The molecule has 5 rings (SSSR count). The highest BCUT2D eigenvalue weighted by Gasteiger charge is 2.35. The lowest BCUT2D eigenvalue weighted by Crippen LogP contribution is -2.58. The zero-order valence-electron chi connectivity index (χ0n) is 35.3. The number of fused-ring (bicyclic) bond motifs is 1. The normalized spacial score (nSPS) is 19.3. The molecule has 4 aromatic rings. The van der Waals surface area contributed by atoms with Gasteiger partial charge in [-0.3, -0.25) is 33.8 Å². The average Bonchev–Trinajstić information content (AvgIpc) is 3.28. The second-order valence-electron chi connectivity index (χ2n) is 15.3. The number of nitrogens with zero attached hydrogens (tertiary/aromatic N) is 2. The third kappa shape index (κ3) is 13.9. The largest absolute Gasteiger partial charge is 0.507 e. The summed E-state index contributed by atoms with van der Waals surface area (Å²) in [4.78, 5) is 88.8. The van der Waals surface area contributed by atoms with Crippen molar-refractivity contribution in [3.63, 3.8) is 0 Å². The van der Waals surface area contributed by atoms with Gasteiger partial charge in [0.15, 0.2) is 5.96 Å². The number of nitrogens with two attached hydrogens (primary N) is 2. The minimum Gasteiger partial charge on any atom is -0.507 e. The van der Waals surface area contributed by atoms with Crippen LogP contribution in [0.3, 0.4) is 0 Å². The number of hydrogen-bond acceptors (Lipinski definition) is 9. The summed E-state index contributed by atoms with van der Waals surface area (Å²) in [5.41, 5.74) is 14.2. The van der Waals surface area contributed by atoms with Crippen LogP contribution in [0.5, 0.6) is 5.75 Å². The molecule has 1 fully saturated rings. The van der Waals surface area contributed by atoms with Crippen molar-refractivity contribution in [2.45, 2.75) is 69.2 Å². The molecule has 0 aliphatic carbocycles. The molecule has 334 valence electrons. The summed E-state index contributed by atoms with van der Waals surface area (Å²) in [5, 5.41) is 29.0. The van der Waals surface area contributed by atoms with Crippen LogP contribution in [0.15, 0.2) is 89.9 Å². The van der Waals surface area contributed by atoms with Gasteiger partial charge in [-0.2, -0.15) is 0 Å². The van der Waals surface area contributed by atoms with E-state index in [9.17, 15) is 33.9 Å². The van der Waals surface area contributed by atoms with Crippen LogP contribution in [0.2, 0.25) is 0 Å². The van der Waals surface area contributed by atoms with E-state index in [2.05, 4.69) is 36.9 Å². The number of benzene rings is 4. The quantitative estimate of drug-likeness (QED) is 0.0379. The number of phenolic OH excluding ortho intramolecular Hbond substituents is 1. The number of phenols is 1. The maximum Gasteiger partial charge on any atom is 0.251 e. The van der Waals surface area contributed by atoms with Gasteiger partial charge in [0.1, 0.15) is 29.9 Å². The molecule has 6 amide bonds. The molecule has 4 atom stereocenters. The fourth-order valence-electron chi connectivity index (χ4n) is 7.16. The van der Waals surface area contributed by atoms with Crippen LogP contribution in [-0.4, -0.2) is 109 Å². The van der Waals surface area contributed by atoms with Crippen LogP contribution in [0.4, 0.5) is 0 Å². The number of carbonyl (C=O) groups is 6. The molecule has 17 nitrogen and oxygen atoms in total. The van der Waals surface area contributed by atoms with Gasteiger partial charge in [-0.15, -0.1) is 0 Å². The number of amides is 6. The van der Waals surface area contributed by atoms with Crippen molar-refractivity contribution in [3.8, 4) is 5.75 Å². The molecule has 1 saturated heterocycles. The minimum atomic E-state index is -1.21. The zero-order chi connectivity index (χ0) is 45.5. The summed E-state index contributed by atoms with van der Waals surface area (Å²) in [6.45, 7) is 0.273. The molecule has 63 heavy (non-hydrogen) atoms. The zero-order valence-corrected chi connectivity index (χ0v) is 37.4. The number of carbonyl (C=O) groups excluding carboxylic acids is 6. The lowest BCUT2D eigenvalue weighted by molar-refractivity contribution is -0.142. The predicted octanol–water partition coefficient (Wildman–Crippen LogP) is 1.33.